The van der Waals surface area contributed by atoms with Gasteiger partial charge >= 0.3 is 0 Å². The number of hydrogen-bond acceptors (Lipinski definition) is 1. The smallest absolute Gasteiger partial charge is 0.258 e. The van der Waals surface area contributed by atoms with E-state index in [2.05, 4.69) is 21.2 Å². The van der Waals surface area contributed by atoms with Crippen LogP contribution in [-0.4, -0.2) is 12.5 Å². The van der Waals surface area contributed by atoms with E-state index in [9.17, 15) is 8.78 Å². The summed E-state index contributed by atoms with van der Waals surface area (Å²) in [5, 5.41) is 2.79. The molecular formula is C9H8BrF2N. The summed E-state index contributed by atoms with van der Waals surface area (Å²) < 4.78 is 25.6. The third-order valence-corrected chi connectivity index (χ3v) is 2.65. The number of anilines is 1. The number of nitrogens with one attached hydrogen (secondary N) is 1. The second-order valence-corrected chi connectivity index (χ2v) is 4.01. The third-order valence-electron chi connectivity index (χ3n) is 2.15. The molecule has 1 nitrogen and oxygen atoms in total. The second kappa shape index (κ2) is 3.25. The van der Waals surface area contributed by atoms with Gasteiger partial charge in [0.25, 0.3) is 6.43 Å². The standard InChI is InChI=1S/C9H8BrF2N/c10-6-1-2-7-5(3-6)4-8(13-7)9(11)12/h1-3,8-9,13H,4H2. The quantitative estimate of drug-likeness (QED) is 0.805. The average Bonchev–Trinajstić information content (AvgIpc) is 2.46. The fraction of sp³-hybridized carbons (Fsp3) is 0.333. The van der Waals surface area contributed by atoms with Gasteiger partial charge in [-0.1, -0.05) is 15.9 Å². The Kier molecular flexibility index (Phi) is 2.24. The summed E-state index contributed by atoms with van der Waals surface area (Å²) in [4.78, 5) is 0. The molecule has 1 heterocycles. The lowest BCUT2D eigenvalue weighted by molar-refractivity contribution is 0.126. The van der Waals surface area contributed by atoms with E-state index in [1.807, 2.05) is 18.2 Å². The van der Waals surface area contributed by atoms with Crippen LogP contribution >= 0.6 is 15.9 Å². The molecule has 0 spiro atoms. The molecule has 70 valence electrons. The molecule has 0 fully saturated rings. The van der Waals surface area contributed by atoms with Crippen molar-refractivity contribution in [3.63, 3.8) is 0 Å². The summed E-state index contributed by atoms with van der Waals surface area (Å²) in [6, 6.07) is 4.83. The van der Waals surface area contributed by atoms with Gasteiger partial charge in [0.2, 0.25) is 0 Å². The van der Waals surface area contributed by atoms with Gasteiger partial charge in [0.1, 0.15) is 0 Å². The van der Waals surface area contributed by atoms with Crippen LogP contribution < -0.4 is 5.32 Å². The minimum atomic E-state index is -2.30. The van der Waals surface area contributed by atoms with Crippen molar-refractivity contribution >= 4 is 21.6 Å². The van der Waals surface area contributed by atoms with Crippen LogP contribution in [0.25, 0.3) is 0 Å². The normalized spacial score (nSPS) is 20.2. The maximum absolute atomic E-state index is 12.3. The van der Waals surface area contributed by atoms with E-state index in [0.29, 0.717) is 6.42 Å². The van der Waals surface area contributed by atoms with Gasteiger partial charge in [-0.05, 0) is 23.8 Å². The van der Waals surface area contributed by atoms with E-state index >= 15 is 0 Å². The topological polar surface area (TPSA) is 12.0 Å². The van der Waals surface area contributed by atoms with Crippen LogP contribution in [0, 0.1) is 0 Å². The zero-order chi connectivity index (χ0) is 9.42. The fourth-order valence-electron chi connectivity index (χ4n) is 1.51. The lowest BCUT2D eigenvalue weighted by Gasteiger charge is -2.08. The molecule has 1 N–H and O–H groups in total. The highest BCUT2D eigenvalue weighted by molar-refractivity contribution is 9.10. The molecule has 1 aromatic rings. The van der Waals surface area contributed by atoms with Crippen LogP contribution in [-0.2, 0) is 6.42 Å². The molecule has 0 aromatic heterocycles. The van der Waals surface area contributed by atoms with Gasteiger partial charge in [-0.15, -0.1) is 0 Å². The molecule has 1 aliphatic heterocycles. The van der Waals surface area contributed by atoms with E-state index in [1.165, 1.54) is 0 Å². The Morgan fingerprint density at radius 3 is 2.92 bits per heavy atom. The lowest BCUT2D eigenvalue weighted by Crippen LogP contribution is -2.24. The highest BCUT2D eigenvalue weighted by Crippen LogP contribution is 2.30. The Labute approximate surface area is 83.3 Å². The monoisotopic (exact) mass is 247 g/mol. The van der Waals surface area contributed by atoms with E-state index in [1.54, 1.807) is 0 Å². The number of halogens is 3. The summed E-state index contributed by atoms with van der Waals surface area (Å²) >= 11 is 3.31. The van der Waals surface area contributed by atoms with E-state index in [-0.39, 0.29) is 0 Å². The summed E-state index contributed by atoms with van der Waals surface area (Å²) in [5.74, 6) is 0. The van der Waals surface area contributed by atoms with E-state index in [4.69, 9.17) is 0 Å². The molecule has 1 aromatic carbocycles. The number of hydrogen-bond donors (Lipinski definition) is 1. The number of fused-ring (bicyclic) bond motifs is 1. The summed E-state index contributed by atoms with van der Waals surface area (Å²) in [7, 11) is 0. The van der Waals surface area contributed by atoms with Gasteiger partial charge in [0.15, 0.2) is 0 Å². The van der Waals surface area contributed by atoms with Crippen molar-refractivity contribution in [1.82, 2.24) is 0 Å². The van der Waals surface area contributed by atoms with Crippen LogP contribution in [0.2, 0.25) is 0 Å². The highest BCUT2D eigenvalue weighted by atomic mass is 79.9. The molecular weight excluding hydrogens is 240 g/mol. The number of rotatable bonds is 1. The predicted molar refractivity (Wildman–Crippen MR) is 51.3 cm³/mol. The predicted octanol–water partition coefficient (Wildman–Crippen LogP) is 3.05. The molecule has 4 heteroatoms. The Morgan fingerprint density at radius 2 is 2.23 bits per heavy atom. The minimum absolute atomic E-state index is 0.409. The first-order valence-electron chi connectivity index (χ1n) is 4.00. The van der Waals surface area contributed by atoms with E-state index < -0.39 is 12.5 Å². The Morgan fingerprint density at radius 1 is 1.46 bits per heavy atom. The molecule has 0 amide bonds. The van der Waals surface area contributed by atoms with Gasteiger partial charge in [-0.2, -0.15) is 0 Å². The fourth-order valence-corrected chi connectivity index (χ4v) is 1.92. The largest absolute Gasteiger partial charge is 0.376 e. The maximum Gasteiger partial charge on any atom is 0.258 e. The van der Waals surface area contributed by atoms with Crippen LogP contribution in [0.3, 0.4) is 0 Å². The summed E-state index contributed by atoms with van der Waals surface area (Å²) in [6.45, 7) is 0. The van der Waals surface area contributed by atoms with Gasteiger partial charge in [-0.3, -0.25) is 0 Å². The van der Waals surface area contributed by atoms with Crippen molar-refractivity contribution in [3.05, 3.63) is 28.2 Å². The molecule has 0 radical (unpaired) electrons. The van der Waals surface area contributed by atoms with Crippen molar-refractivity contribution < 1.29 is 8.78 Å². The summed E-state index contributed by atoms with van der Waals surface area (Å²) in [5.41, 5.74) is 1.79. The van der Waals surface area contributed by atoms with Gasteiger partial charge in [0, 0.05) is 16.6 Å². The van der Waals surface area contributed by atoms with Crippen molar-refractivity contribution in [3.8, 4) is 0 Å². The first-order valence-corrected chi connectivity index (χ1v) is 4.79. The highest BCUT2D eigenvalue weighted by Gasteiger charge is 2.27. The third kappa shape index (κ3) is 1.68. The van der Waals surface area contributed by atoms with Crippen LogP contribution in [0.4, 0.5) is 14.5 Å². The zero-order valence-electron chi connectivity index (χ0n) is 6.73. The van der Waals surface area contributed by atoms with Crippen LogP contribution in [0.15, 0.2) is 22.7 Å². The van der Waals surface area contributed by atoms with Crippen LogP contribution in [0.5, 0.6) is 0 Å². The van der Waals surface area contributed by atoms with Crippen molar-refractivity contribution in [2.24, 2.45) is 0 Å². The van der Waals surface area contributed by atoms with Crippen LogP contribution in [0.1, 0.15) is 5.56 Å². The van der Waals surface area contributed by atoms with Crippen molar-refractivity contribution in [2.75, 3.05) is 5.32 Å². The molecule has 0 aliphatic carbocycles. The minimum Gasteiger partial charge on any atom is -0.376 e. The average molecular weight is 248 g/mol. The summed E-state index contributed by atoms with van der Waals surface area (Å²) in [6.07, 6.45) is -1.89. The number of benzene rings is 1. The zero-order valence-corrected chi connectivity index (χ0v) is 8.31. The maximum atomic E-state index is 12.3. The lowest BCUT2D eigenvalue weighted by atomic mass is 10.1. The molecule has 1 aliphatic rings. The molecule has 0 saturated carbocycles. The first-order chi connectivity index (χ1) is 6.16. The molecule has 1 unspecified atom stereocenters. The Bertz CT molecular complexity index is 327. The second-order valence-electron chi connectivity index (χ2n) is 3.09. The molecule has 13 heavy (non-hydrogen) atoms. The number of alkyl halides is 2. The molecule has 1 atom stereocenters. The Balaban J connectivity index is 2.25. The van der Waals surface area contributed by atoms with E-state index in [0.717, 1.165) is 15.7 Å². The molecule has 0 bridgehead atoms. The van der Waals surface area contributed by atoms with Crippen molar-refractivity contribution in [2.45, 2.75) is 18.9 Å². The molecule has 2 rings (SSSR count). The van der Waals surface area contributed by atoms with Gasteiger partial charge in [0.05, 0.1) is 6.04 Å². The van der Waals surface area contributed by atoms with Crippen molar-refractivity contribution in [1.29, 1.82) is 0 Å². The SMILES string of the molecule is FC(F)C1Cc2cc(Br)ccc2N1. The Hall–Kier alpha value is -0.640. The molecule has 0 saturated heterocycles. The first kappa shape index (κ1) is 8.94. The van der Waals surface area contributed by atoms with Gasteiger partial charge in [-0.25, -0.2) is 8.78 Å². The van der Waals surface area contributed by atoms with Gasteiger partial charge < -0.3 is 5.32 Å².